The first kappa shape index (κ1) is 23.6. The van der Waals surface area contributed by atoms with E-state index in [-0.39, 0.29) is 28.0 Å². The molecule has 0 bridgehead atoms. The first-order valence-corrected chi connectivity index (χ1v) is 10.6. The molecule has 3 aromatic heterocycles. The van der Waals surface area contributed by atoms with Crippen LogP contribution in [0.2, 0.25) is 0 Å². The summed E-state index contributed by atoms with van der Waals surface area (Å²) in [4.78, 5) is 7.58. The second kappa shape index (κ2) is 8.06. The summed E-state index contributed by atoms with van der Waals surface area (Å²) in [7, 11) is -3.42. The SMILES string of the molecule is COS(=O)(=O)c1nccc(-c2c(-c3ccc(C(F)(F)F)cc3)nn3cc(C(F)(F)F)ccc23)n1. The molecule has 0 unspecified atom stereocenters. The smallest absolute Gasteiger partial charge is 0.267 e. The molecule has 7 nitrogen and oxygen atoms in total. The molecule has 3 heterocycles. The summed E-state index contributed by atoms with van der Waals surface area (Å²) in [5.41, 5.74) is -1.70. The topological polar surface area (TPSA) is 86.5 Å². The van der Waals surface area contributed by atoms with Crippen molar-refractivity contribution in [3.63, 3.8) is 0 Å². The van der Waals surface area contributed by atoms with Gasteiger partial charge in [-0.3, -0.25) is 4.18 Å². The first-order chi connectivity index (χ1) is 15.8. The summed E-state index contributed by atoms with van der Waals surface area (Å²) in [5.74, 6) is 0. The van der Waals surface area contributed by atoms with Crippen LogP contribution < -0.4 is 0 Å². The van der Waals surface area contributed by atoms with Crippen LogP contribution in [0.3, 0.4) is 0 Å². The summed E-state index contributed by atoms with van der Waals surface area (Å²) < 4.78 is 108. The van der Waals surface area contributed by atoms with Gasteiger partial charge in [-0.05, 0) is 30.3 Å². The quantitative estimate of drug-likeness (QED) is 0.226. The van der Waals surface area contributed by atoms with E-state index in [1.807, 2.05) is 0 Å². The summed E-state index contributed by atoms with van der Waals surface area (Å²) in [5, 5.41) is 3.42. The Morgan fingerprint density at radius 1 is 0.882 bits per heavy atom. The molecule has 0 N–H and O–H groups in total. The Kier molecular flexibility index (Phi) is 5.60. The number of aromatic nitrogens is 4. The van der Waals surface area contributed by atoms with Crippen LogP contribution in [0.15, 0.2) is 60.0 Å². The van der Waals surface area contributed by atoms with Gasteiger partial charge in [0.2, 0.25) is 0 Å². The van der Waals surface area contributed by atoms with Gasteiger partial charge in [0.05, 0.1) is 35.0 Å². The number of halogens is 6. The minimum atomic E-state index is -4.68. The minimum absolute atomic E-state index is 0.0208. The lowest BCUT2D eigenvalue weighted by molar-refractivity contribution is -0.138. The minimum Gasteiger partial charge on any atom is -0.267 e. The Morgan fingerprint density at radius 3 is 2.09 bits per heavy atom. The third-order valence-corrected chi connectivity index (χ3v) is 5.86. The van der Waals surface area contributed by atoms with Crippen LogP contribution in [-0.2, 0) is 26.7 Å². The molecule has 0 aliphatic carbocycles. The predicted octanol–water partition coefficient (Wildman–Crippen LogP) is 4.83. The van der Waals surface area contributed by atoms with Crippen LogP contribution in [0.5, 0.6) is 0 Å². The molecule has 4 aromatic rings. The van der Waals surface area contributed by atoms with E-state index in [2.05, 4.69) is 19.2 Å². The van der Waals surface area contributed by atoms with Crippen molar-refractivity contribution in [1.29, 1.82) is 0 Å². The molecule has 0 fully saturated rings. The molecule has 14 heteroatoms. The first-order valence-electron chi connectivity index (χ1n) is 9.22. The average Bonchev–Trinajstić information content (AvgIpc) is 3.17. The zero-order chi connectivity index (χ0) is 24.9. The van der Waals surface area contributed by atoms with Gasteiger partial charge in [0.15, 0.2) is 0 Å². The van der Waals surface area contributed by atoms with Crippen LogP contribution in [0.25, 0.3) is 28.0 Å². The molecule has 1 aromatic carbocycles. The van der Waals surface area contributed by atoms with Crippen LogP contribution in [0.4, 0.5) is 26.3 Å². The largest absolute Gasteiger partial charge is 0.417 e. The van der Waals surface area contributed by atoms with Crippen LogP contribution in [-0.4, -0.2) is 35.1 Å². The summed E-state index contributed by atoms with van der Waals surface area (Å²) >= 11 is 0. The van der Waals surface area contributed by atoms with Gasteiger partial charge in [-0.1, -0.05) is 12.1 Å². The molecule has 0 aliphatic heterocycles. The second-order valence-corrected chi connectivity index (χ2v) is 8.50. The normalized spacial score (nSPS) is 12.9. The fourth-order valence-electron chi connectivity index (χ4n) is 3.16. The molecular weight excluding hydrogens is 490 g/mol. The molecule has 0 spiro atoms. The highest BCUT2D eigenvalue weighted by Crippen LogP contribution is 2.38. The van der Waals surface area contributed by atoms with E-state index in [0.717, 1.165) is 54.2 Å². The number of rotatable bonds is 4. The van der Waals surface area contributed by atoms with Gasteiger partial charge in [0.1, 0.15) is 5.69 Å². The highest BCUT2D eigenvalue weighted by atomic mass is 32.2. The maximum atomic E-state index is 13.2. The molecule has 0 atom stereocenters. The van der Waals surface area contributed by atoms with Gasteiger partial charge in [-0.2, -0.15) is 39.9 Å². The number of benzene rings is 1. The molecule has 34 heavy (non-hydrogen) atoms. The Bertz CT molecular complexity index is 1480. The molecule has 0 saturated heterocycles. The van der Waals surface area contributed by atoms with Gasteiger partial charge in [-0.25, -0.2) is 14.5 Å². The third-order valence-electron chi connectivity index (χ3n) is 4.78. The van der Waals surface area contributed by atoms with Crippen molar-refractivity contribution in [3.8, 4) is 22.5 Å². The Hall–Kier alpha value is -3.52. The predicted molar refractivity (Wildman–Crippen MR) is 106 cm³/mol. The van der Waals surface area contributed by atoms with Gasteiger partial charge >= 0.3 is 22.5 Å². The van der Waals surface area contributed by atoms with Crippen LogP contribution in [0.1, 0.15) is 11.1 Å². The van der Waals surface area contributed by atoms with Crippen molar-refractivity contribution in [2.45, 2.75) is 17.5 Å². The lowest BCUT2D eigenvalue weighted by Gasteiger charge is -2.08. The van der Waals surface area contributed by atoms with Crippen LogP contribution >= 0.6 is 0 Å². The van der Waals surface area contributed by atoms with Gasteiger partial charge < -0.3 is 0 Å². The average molecular weight is 502 g/mol. The van der Waals surface area contributed by atoms with E-state index in [4.69, 9.17) is 0 Å². The Morgan fingerprint density at radius 2 is 1.50 bits per heavy atom. The Labute approximate surface area is 187 Å². The molecule has 0 aliphatic rings. The standard InChI is InChI=1S/C20H12F6N4O3S/c1-33-34(31,32)18-27-9-8-14(28-18)16-15-7-6-13(20(24,25)26)10-30(15)29-17(16)11-2-4-12(5-3-11)19(21,22)23/h2-10H,1H3. The van der Waals surface area contributed by atoms with Crippen LogP contribution in [0, 0.1) is 0 Å². The zero-order valence-corrected chi connectivity index (χ0v) is 17.7. The number of pyridine rings is 1. The van der Waals surface area contributed by atoms with E-state index in [9.17, 15) is 34.8 Å². The maximum absolute atomic E-state index is 13.2. The lowest BCUT2D eigenvalue weighted by atomic mass is 10.0. The van der Waals surface area contributed by atoms with Gasteiger partial charge in [0, 0.05) is 18.0 Å². The van der Waals surface area contributed by atoms with E-state index in [0.29, 0.717) is 6.20 Å². The maximum Gasteiger partial charge on any atom is 0.417 e. The molecule has 0 saturated carbocycles. The summed E-state index contributed by atoms with van der Waals surface area (Å²) in [6.45, 7) is 0. The van der Waals surface area contributed by atoms with Crippen molar-refractivity contribution in [3.05, 3.63) is 66.0 Å². The third kappa shape index (κ3) is 4.33. The fourth-order valence-corrected chi connectivity index (χ4v) is 3.71. The summed E-state index contributed by atoms with van der Waals surface area (Å²) in [6.07, 6.45) is -7.47. The summed E-state index contributed by atoms with van der Waals surface area (Å²) in [6, 6.07) is 6.99. The fraction of sp³-hybridized carbons (Fsp3) is 0.150. The van der Waals surface area contributed by atoms with E-state index in [1.54, 1.807) is 0 Å². The van der Waals surface area contributed by atoms with Crippen molar-refractivity contribution in [1.82, 2.24) is 19.6 Å². The number of hydrogen-bond acceptors (Lipinski definition) is 6. The number of fused-ring (bicyclic) bond motifs is 1. The lowest BCUT2D eigenvalue weighted by Crippen LogP contribution is -2.08. The zero-order valence-electron chi connectivity index (χ0n) is 16.9. The van der Waals surface area contributed by atoms with Crippen molar-refractivity contribution in [2.75, 3.05) is 7.11 Å². The highest BCUT2D eigenvalue weighted by molar-refractivity contribution is 7.86. The highest BCUT2D eigenvalue weighted by Gasteiger charge is 2.33. The van der Waals surface area contributed by atoms with E-state index >= 15 is 0 Å². The van der Waals surface area contributed by atoms with Crippen molar-refractivity contribution in [2.24, 2.45) is 0 Å². The van der Waals surface area contributed by atoms with Gasteiger partial charge in [0.25, 0.3) is 5.16 Å². The van der Waals surface area contributed by atoms with Crippen molar-refractivity contribution >= 4 is 15.6 Å². The molecular formula is C20H12F6N4O3S. The molecule has 0 amide bonds. The van der Waals surface area contributed by atoms with Gasteiger partial charge in [-0.15, -0.1) is 0 Å². The van der Waals surface area contributed by atoms with E-state index in [1.165, 1.54) is 6.07 Å². The number of hydrogen-bond donors (Lipinski definition) is 0. The van der Waals surface area contributed by atoms with Crippen molar-refractivity contribution < 1.29 is 38.9 Å². The number of nitrogens with zero attached hydrogens (tertiary/aromatic N) is 4. The Balaban J connectivity index is 1.99. The monoisotopic (exact) mass is 502 g/mol. The molecule has 178 valence electrons. The number of alkyl halides is 6. The second-order valence-electron chi connectivity index (χ2n) is 6.89. The van der Waals surface area contributed by atoms with E-state index < -0.39 is 38.8 Å². The molecule has 4 rings (SSSR count). The molecule has 0 radical (unpaired) electrons.